The van der Waals surface area contributed by atoms with Gasteiger partial charge in [0.05, 0.1) is 24.3 Å². The molecule has 1 aromatic rings. The second-order valence-corrected chi connectivity index (χ2v) is 3.80. The van der Waals surface area contributed by atoms with Gasteiger partial charge in [0.1, 0.15) is 0 Å². The van der Waals surface area contributed by atoms with E-state index in [1.54, 1.807) is 4.68 Å². The van der Waals surface area contributed by atoms with Gasteiger partial charge in [-0.1, -0.05) is 5.21 Å². The maximum absolute atomic E-state index is 10.6. The monoisotopic (exact) mass is 221 g/mol. The molecule has 1 atom stereocenters. The summed E-state index contributed by atoms with van der Waals surface area (Å²) in [7, 11) is 0. The Labute approximate surface area is 91.9 Å². The number of carboxylic acids is 1. The predicted molar refractivity (Wildman–Crippen MR) is 52.7 cm³/mol. The molecule has 7 heteroatoms. The van der Waals surface area contributed by atoms with Crippen LogP contribution in [0.4, 0.5) is 0 Å². The van der Waals surface area contributed by atoms with E-state index in [0.717, 1.165) is 0 Å². The van der Waals surface area contributed by atoms with Crippen molar-refractivity contribution < 1.29 is 9.90 Å². The third-order valence-electron chi connectivity index (χ3n) is 2.73. The highest BCUT2D eigenvalue weighted by Gasteiger charge is 2.32. The Morgan fingerprint density at radius 2 is 2.44 bits per heavy atom. The minimum Gasteiger partial charge on any atom is -0.476 e. The van der Waals surface area contributed by atoms with Crippen molar-refractivity contribution in [1.29, 1.82) is 5.26 Å². The smallest absolute Gasteiger partial charge is 0.358 e. The Morgan fingerprint density at radius 1 is 1.75 bits per heavy atom. The van der Waals surface area contributed by atoms with Gasteiger partial charge in [-0.3, -0.25) is 4.90 Å². The molecule has 0 aliphatic carbocycles. The summed E-state index contributed by atoms with van der Waals surface area (Å²) < 4.78 is 1.55. The lowest BCUT2D eigenvalue weighted by molar-refractivity contribution is 0.0689. The molecule has 1 aromatic heterocycles. The van der Waals surface area contributed by atoms with Crippen molar-refractivity contribution in [1.82, 2.24) is 19.9 Å². The van der Waals surface area contributed by atoms with E-state index >= 15 is 0 Å². The predicted octanol–water partition coefficient (Wildman–Crippen LogP) is -0.255. The van der Waals surface area contributed by atoms with E-state index in [2.05, 4.69) is 16.4 Å². The van der Waals surface area contributed by atoms with Gasteiger partial charge in [0, 0.05) is 13.1 Å². The third-order valence-corrected chi connectivity index (χ3v) is 2.73. The van der Waals surface area contributed by atoms with Crippen LogP contribution in [0.15, 0.2) is 6.20 Å². The van der Waals surface area contributed by atoms with Gasteiger partial charge in [-0.2, -0.15) is 5.26 Å². The molecule has 2 heterocycles. The van der Waals surface area contributed by atoms with E-state index in [4.69, 9.17) is 10.4 Å². The zero-order valence-electron chi connectivity index (χ0n) is 8.74. The van der Waals surface area contributed by atoms with Crippen LogP contribution in [0.3, 0.4) is 0 Å². The fraction of sp³-hybridized carbons (Fsp3) is 0.556. The molecule has 16 heavy (non-hydrogen) atoms. The summed E-state index contributed by atoms with van der Waals surface area (Å²) in [6.45, 7) is 3.24. The number of likely N-dealkylation sites (tertiary alicyclic amines) is 1. The van der Waals surface area contributed by atoms with Crippen LogP contribution in [0, 0.1) is 11.3 Å². The molecule has 0 aromatic carbocycles. The van der Waals surface area contributed by atoms with Gasteiger partial charge in [-0.25, -0.2) is 9.48 Å². The van der Waals surface area contributed by atoms with E-state index in [1.807, 2.05) is 11.8 Å². The highest BCUT2D eigenvalue weighted by atomic mass is 16.4. The van der Waals surface area contributed by atoms with Crippen LogP contribution < -0.4 is 0 Å². The summed E-state index contributed by atoms with van der Waals surface area (Å²) in [6.07, 6.45) is 1.42. The van der Waals surface area contributed by atoms with Crippen molar-refractivity contribution >= 4 is 5.97 Å². The molecule has 0 amide bonds. The molecular formula is C9H11N5O2. The molecular weight excluding hydrogens is 210 g/mol. The fourth-order valence-electron chi connectivity index (χ4n) is 1.61. The van der Waals surface area contributed by atoms with E-state index in [0.29, 0.717) is 13.1 Å². The van der Waals surface area contributed by atoms with E-state index in [9.17, 15) is 4.79 Å². The number of nitriles is 1. The summed E-state index contributed by atoms with van der Waals surface area (Å²) >= 11 is 0. The second-order valence-electron chi connectivity index (χ2n) is 3.80. The SMILES string of the molecule is CC(C#N)N1CC(n2cc(C(=O)O)nn2)C1. The van der Waals surface area contributed by atoms with Gasteiger partial charge in [-0.15, -0.1) is 5.10 Å². The molecule has 1 aliphatic rings. The van der Waals surface area contributed by atoms with E-state index in [-0.39, 0.29) is 17.8 Å². The number of hydrogen-bond acceptors (Lipinski definition) is 5. The molecule has 0 spiro atoms. The van der Waals surface area contributed by atoms with Crippen LogP contribution in [0.2, 0.25) is 0 Å². The van der Waals surface area contributed by atoms with Crippen molar-refractivity contribution in [3.63, 3.8) is 0 Å². The van der Waals surface area contributed by atoms with Crippen LogP contribution in [-0.4, -0.2) is 50.1 Å². The lowest BCUT2D eigenvalue weighted by Gasteiger charge is -2.40. The number of nitrogens with zero attached hydrogens (tertiary/aromatic N) is 5. The van der Waals surface area contributed by atoms with Crippen LogP contribution in [0.5, 0.6) is 0 Å². The summed E-state index contributed by atoms with van der Waals surface area (Å²) in [5, 5.41) is 24.7. The molecule has 1 saturated heterocycles. The van der Waals surface area contributed by atoms with Gasteiger partial charge in [0.25, 0.3) is 0 Å². The van der Waals surface area contributed by atoms with Crippen molar-refractivity contribution in [2.45, 2.75) is 19.0 Å². The minimum absolute atomic E-state index is 0.0493. The summed E-state index contributed by atoms with van der Waals surface area (Å²) in [5.74, 6) is -1.08. The summed E-state index contributed by atoms with van der Waals surface area (Å²) in [5.41, 5.74) is -0.0493. The van der Waals surface area contributed by atoms with Crippen LogP contribution in [-0.2, 0) is 0 Å². The Kier molecular flexibility index (Phi) is 2.58. The first kappa shape index (κ1) is 10.6. The normalized spacial score (nSPS) is 18.8. The van der Waals surface area contributed by atoms with Gasteiger partial charge in [0.2, 0.25) is 0 Å². The first-order valence-electron chi connectivity index (χ1n) is 4.90. The molecule has 1 unspecified atom stereocenters. The average Bonchev–Trinajstić information content (AvgIpc) is 2.64. The lowest BCUT2D eigenvalue weighted by Crippen LogP contribution is -2.51. The summed E-state index contributed by atoms with van der Waals surface area (Å²) in [4.78, 5) is 12.6. The number of hydrogen-bond donors (Lipinski definition) is 1. The molecule has 2 rings (SSSR count). The average molecular weight is 221 g/mol. The van der Waals surface area contributed by atoms with Crippen LogP contribution in [0.25, 0.3) is 0 Å². The van der Waals surface area contributed by atoms with E-state index < -0.39 is 5.97 Å². The Morgan fingerprint density at radius 3 is 2.94 bits per heavy atom. The standard InChI is InChI=1S/C9H11N5O2/c1-6(2-10)13-3-7(4-13)14-5-8(9(15)16)11-12-14/h5-7H,3-4H2,1H3,(H,15,16). The topological polar surface area (TPSA) is 95.0 Å². The van der Waals surface area contributed by atoms with Gasteiger partial charge >= 0.3 is 5.97 Å². The van der Waals surface area contributed by atoms with Gasteiger partial charge < -0.3 is 5.11 Å². The number of carbonyl (C=O) groups is 1. The first-order valence-corrected chi connectivity index (χ1v) is 4.90. The Balaban J connectivity index is 1.97. The zero-order chi connectivity index (χ0) is 11.7. The Bertz CT molecular complexity index is 443. The second kappa shape index (κ2) is 3.90. The maximum atomic E-state index is 10.6. The lowest BCUT2D eigenvalue weighted by atomic mass is 10.1. The highest BCUT2D eigenvalue weighted by Crippen LogP contribution is 2.22. The van der Waals surface area contributed by atoms with Gasteiger partial charge in [0.15, 0.2) is 5.69 Å². The molecule has 1 aliphatic heterocycles. The summed E-state index contributed by atoms with van der Waals surface area (Å²) in [6, 6.07) is 2.16. The third kappa shape index (κ3) is 1.75. The van der Waals surface area contributed by atoms with Crippen molar-refractivity contribution in [3.05, 3.63) is 11.9 Å². The largest absolute Gasteiger partial charge is 0.476 e. The van der Waals surface area contributed by atoms with Crippen molar-refractivity contribution in [2.75, 3.05) is 13.1 Å². The van der Waals surface area contributed by atoms with Crippen molar-refractivity contribution in [3.8, 4) is 6.07 Å². The maximum Gasteiger partial charge on any atom is 0.358 e. The van der Waals surface area contributed by atoms with E-state index in [1.165, 1.54) is 6.20 Å². The van der Waals surface area contributed by atoms with Gasteiger partial charge in [-0.05, 0) is 6.92 Å². The highest BCUT2D eigenvalue weighted by molar-refractivity contribution is 5.84. The molecule has 1 fully saturated rings. The molecule has 7 nitrogen and oxygen atoms in total. The Hall–Kier alpha value is -1.94. The molecule has 0 radical (unpaired) electrons. The zero-order valence-corrected chi connectivity index (χ0v) is 8.74. The van der Waals surface area contributed by atoms with Crippen molar-refractivity contribution in [2.24, 2.45) is 0 Å². The number of carboxylic acid groups (broad SMARTS) is 1. The number of aromatic carboxylic acids is 1. The fourth-order valence-corrected chi connectivity index (χ4v) is 1.61. The number of rotatable bonds is 3. The molecule has 1 N–H and O–H groups in total. The molecule has 0 saturated carbocycles. The van der Waals surface area contributed by atoms with Crippen LogP contribution >= 0.6 is 0 Å². The molecule has 84 valence electrons. The van der Waals surface area contributed by atoms with Crippen LogP contribution in [0.1, 0.15) is 23.5 Å². The number of aromatic nitrogens is 3. The molecule has 0 bridgehead atoms. The quantitative estimate of drug-likeness (QED) is 0.755. The minimum atomic E-state index is -1.08. The first-order chi connectivity index (χ1) is 7.61.